The molecule has 0 radical (unpaired) electrons. The van der Waals surface area contributed by atoms with E-state index in [1.165, 1.54) is 18.4 Å². The van der Waals surface area contributed by atoms with Crippen molar-refractivity contribution in [1.29, 1.82) is 0 Å². The second-order valence-corrected chi connectivity index (χ2v) is 5.35. The second-order valence-electron chi connectivity index (χ2n) is 5.35. The van der Waals surface area contributed by atoms with E-state index in [-0.39, 0.29) is 0 Å². The molecule has 0 unspecified atom stereocenters. The first kappa shape index (κ1) is 14.3. The normalized spacial score (nSPS) is 10.4. The van der Waals surface area contributed by atoms with Crippen LogP contribution in [0.3, 0.4) is 0 Å². The van der Waals surface area contributed by atoms with Gasteiger partial charge in [0.05, 0.1) is 4.79 Å². The SMILES string of the molecule is CCCCn1ccc(=[N+]=Nc2ccc3cccccc2-3)cc1. The van der Waals surface area contributed by atoms with Crippen LogP contribution in [0.4, 0.5) is 5.69 Å². The monoisotopic (exact) mass is 290 g/mol. The topological polar surface area (TPSA) is 31.4 Å². The molecule has 2 aliphatic rings. The highest BCUT2D eigenvalue weighted by Gasteiger charge is 2.09. The Balaban J connectivity index is 1.89. The quantitative estimate of drug-likeness (QED) is 0.507. The predicted molar refractivity (Wildman–Crippen MR) is 87.9 cm³/mol. The smallest absolute Gasteiger partial charge is 0.354 e. The summed E-state index contributed by atoms with van der Waals surface area (Å²) in [6.45, 7) is 3.26. The summed E-state index contributed by atoms with van der Waals surface area (Å²) in [6, 6.07) is 18.4. The van der Waals surface area contributed by atoms with Gasteiger partial charge in [-0.15, -0.1) is 0 Å². The Hall–Kier alpha value is -2.64. The van der Waals surface area contributed by atoms with Crippen molar-refractivity contribution >= 4 is 5.69 Å². The molecule has 0 spiro atoms. The molecule has 3 heteroatoms. The van der Waals surface area contributed by atoms with Gasteiger partial charge in [-0.3, -0.25) is 0 Å². The van der Waals surface area contributed by atoms with Crippen molar-refractivity contribution in [2.24, 2.45) is 5.11 Å². The number of aromatic nitrogens is 1. The van der Waals surface area contributed by atoms with E-state index < -0.39 is 0 Å². The fourth-order valence-electron chi connectivity index (χ4n) is 2.40. The molecule has 0 fully saturated rings. The zero-order valence-corrected chi connectivity index (χ0v) is 12.8. The molecule has 0 aliphatic heterocycles. The van der Waals surface area contributed by atoms with Gasteiger partial charge in [0.15, 0.2) is 5.69 Å². The molecule has 3 rings (SSSR count). The van der Waals surface area contributed by atoms with Gasteiger partial charge in [-0.1, -0.05) is 49.7 Å². The summed E-state index contributed by atoms with van der Waals surface area (Å²) in [6.07, 6.45) is 6.53. The molecule has 0 N–H and O–H groups in total. The van der Waals surface area contributed by atoms with Crippen LogP contribution < -0.4 is 5.36 Å². The largest absolute Gasteiger partial charge is 0.368 e. The van der Waals surface area contributed by atoms with Crippen LogP contribution in [0.1, 0.15) is 19.8 Å². The molecule has 0 saturated heterocycles. The molecule has 0 saturated carbocycles. The summed E-state index contributed by atoms with van der Waals surface area (Å²) in [7, 11) is 0. The van der Waals surface area contributed by atoms with Gasteiger partial charge < -0.3 is 4.57 Å². The molecule has 110 valence electrons. The van der Waals surface area contributed by atoms with Crippen LogP contribution >= 0.6 is 0 Å². The van der Waals surface area contributed by atoms with Gasteiger partial charge >= 0.3 is 5.36 Å². The number of hydrogen-bond donors (Lipinski definition) is 0. The number of fused-ring (bicyclic) bond motifs is 1. The fourth-order valence-corrected chi connectivity index (χ4v) is 2.40. The van der Waals surface area contributed by atoms with Crippen molar-refractivity contribution < 1.29 is 4.79 Å². The van der Waals surface area contributed by atoms with Crippen LogP contribution in [-0.2, 0) is 6.54 Å². The first-order valence-electron chi connectivity index (χ1n) is 7.75. The molecular formula is C19H20N3+. The van der Waals surface area contributed by atoms with Crippen LogP contribution in [0.2, 0.25) is 0 Å². The summed E-state index contributed by atoms with van der Waals surface area (Å²) in [5.74, 6) is 0. The highest BCUT2D eigenvalue weighted by atomic mass is 15.0. The highest BCUT2D eigenvalue weighted by Crippen LogP contribution is 2.32. The molecule has 3 nitrogen and oxygen atoms in total. The molecule has 22 heavy (non-hydrogen) atoms. The number of hydrogen-bond acceptors (Lipinski definition) is 1. The summed E-state index contributed by atoms with van der Waals surface area (Å²) in [5, 5.41) is 5.28. The van der Waals surface area contributed by atoms with Crippen LogP contribution in [-0.4, -0.2) is 9.36 Å². The summed E-state index contributed by atoms with van der Waals surface area (Å²) in [5.41, 5.74) is 3.22. The van der Waals surface area contributed by atoms with E-state index in [2.05, 4.69) is 52.0 Å². The van der Waals surface area contributed by atoms with Crippen molar-refractivity contribution in [3.8, 4) is 11.1 Å². The Kier molecular flexibility index (Phi) is 4.47. The molecule has 0 bridgehead atoms. The van der Waals surface area contributed by atoms with Crippen LogP contribution in [0.5, 0.6) is 0 Å². The van der Waals surface area contributed by atoms with Crippen molar-refractivity contribution in [2.75, 3.05) is 0 Å². The van der Waals surface area contributed by atoms with Gasteiger partial charge in [0.25, 0.3) is 0 Å². The number of unbranched alkanes of at least 4 members (excludes halogenated alkanes) is 1. The van der Waals surface area contributed by atoms with Gasteiger partial charge in [-0.05, 0) is 18.1 Å². The van der Waals surface area contributed by atoms with E-state index in [0.717, 1.165) is 23.2 Å². The summed E-state index contributed by atoms with van der Waals surface area (Å²) < 4.78 is 2.18. The lowest BCUT2D eigenvalue weighted by atomic mass is 10.2. The Morgan fingerprint density at radius 3 is 2.59 bits per heavy atom. The van der Waals surface area contributed by atoms with Crippen LogP contribution in [0.15, 0.2) is 72.1 Å². The lowest BCUT2D eigenvalue weighted by Crippen LogP contribution is -2.06. The molecular weight excluding hydrogens is 270 g/mol. The van der Waals surface area contributed by atoms with Gasteiger partial charge in [0.1, 0.15) is 5.11 Å². The minimum Gasteiger partial charge on any atom is -0.354 e. The van der Waals surface area contributed by atoms with Crippen LogP contribution in [0.25, 0.3) is 11.1 Å². The molecule has 2 aliphatic carbocycles. The fraction of sp³-hybridized carbons (Fsp3) is 0.211. The first-order chi connectivity index (χ1) is 10.9. The van der Waals surface area contributed by atoms with Gasteiger partial charge in [0, 0.05) is 36.6 Å². The predicted octanol–water partition coefficient (Wildman–Crippen LogP) is 4.29. The maximum absolute atomic E-state index is 4.40. The third-order valence-corrected chi connectivity index (χ3v) is 3.69. The average molecular weight is 290 g/mol. The molecule has 0 atom stereocenters. The van der Waals surface area contributed by atoms with Crippen LogP contribution in [0, 0.1) is 0 Å². The summed E-state index contributed by atoms with van der Waals surface area (Å²) in [4.78, 5) is 4.35. The molecule has 0 amide bonds. The maximum Gasteiger partial charge on any atom is 0.368 e. The standard InChI is InChI=1S/C19H20N3/c1-2-3-13-22-14-11-17(12-15-22)20-21-19-10-9-16-7-5-4-6-8-18(16)19/h4-12,14-15H,2-3,13H2,1H3/q+1. The second kappa shape index (κ2) is 6.88. The first-order valence-corrected chi connectivity index (χ1v) is 7.75. The van der Waals surface area contributed by atoms with Crippen molar-refractivity contribution in [1.82, 2.24) is 4.57 Å². The van der Waals surface area contributed by atoms with Crippen molar-refractivity contribution in [3.63, 3.8) is 0 Å². The summed E-state index contributed by atoms with van der Waals surface area (Å²) >= 11 is 0. The third-order valence-electron chi connectivity index (χ3n) is 3.69. The average Bonchev–Trinajstić information content (AvgIpc) is 2.78. The minimum absolute atomic E-state index is 0.877. The third kappa shape index (κ3) is 3.33. The number of pyridine rings is 1. The Bertz CT molecular complexity index is 805. The number of rotatable bonds is 4. The van der Waals surface area contributed by atoms with E-state index in [4.69, 9.17) is 0 Å². The molecule has 1 aromatic rings. The molecule has 1 aromatic heterocycles. The van der Waals surface area contributed by atoms with E-state index in [1.54, 1.807) is 0 Å². The van der Waals surface area contributed by atoms with Gasteiger partial charge in [-0.25, -0.2) is 0 Å². The zero-order valence-electron chi connectivity index (χ0n) is 12.8. The molecule has 0 aromatic carbocycles. The highest BCUT2D eigenvalue weighted by molar-refractivity contribution is 5.78. The lowest BCUT2D eigenvalue weighted by molar-refractivity contribution is -0.132. The van der Waals surface area contributed by atoms with Gasteiger partial charge in [0.2, 0.25) is 0 Å². The minimum atomic E-state index is 0.877. The van der Waals surface area contributed by atoms with E-state index >= 15 is 0 Å². The Labute approximate surface area is 130 Å². The van der Waals surface area contributed by atoms with E-state index in [0.29, 0.717) is 0 Å². The Morgan fingerprint density at radius 2 is 1.77 bits per heavy atom. The lowest BCUT2D eigenvalue weighted by Gasteiger charge is -2.01. The number of nitrogens with zero attached hydrogens (tertiary/aromatic N) is 3. The van der Waals surface area contributed by atoms with Gasteiger partial charge in [-0.2, -0.15) is 0 Å². The van der Waals surface area contributed by atoms with E-state index in [1.807, 2.05) is 36.4 Å². The van der Waals surface area contributed by atoms with E-state index in [9.17, 15) is 0 Å². The Morgan fingerprint density at radius 1 is 0.955 bits per heavy atom. The maximum atomic E-state index is 4.40. The zero-order chi connectivity index (χ0) is 15.2. The molecule has 1 heterocycles. The van der Waals surface area contributed by atoms with Crippen molar-refractivity contribution in [2.45, 2.75) is 26.3 Å². The van der Waals surface area contributed by atoms with Crippen molar-refractivity contribution in [3.05, 3.63) is 72.3 Å². The number of aryl methyl sites for hydroxylation is 1.